The van der Waals surface area contributed by atoms with Crippen LogP contribution in [0.1, 0.15) is 63.8 Å². The van der Waals surface area contributed by atoms with Gasteiger partial charge < -0.3 is 18.9 Å². The van der Waals surface area contributed by atoms with Crippen molar-refractivity contribution >= 4 is 6.09 Å². The van der Waals surface area contributed by atoms with E-state index in [9.17, 15) is 13.6 Å². The highest BCUT2D eigenvalue weighted by atomic mass is 19.1. The van der Waals surface area contributed by atoms with Gasteiger partial charge in [0, 0.05) is 25.2 Å². The lowest BCUT2D eigenvalue weighted by molar-refractivity contribution is -0.218. The van der Waals surface area contributed by atoms with Gasteiger partial charge in [0.15, 0.2) is 6.29 Å². The number of halogens is 2. The van der Waals surface area contributed by atoms with Crippen molar-refractivity contribution in [3.8, 4) is 0 Å². The van der Waals surface area contributed by atoms with Crippen LogP contribution in [0.25, 0.3) is 0 Å². The van der Waals surface area contributed by atoms with Crippen LogP contribution in [0.15, 0.2) is 109 Å². The molecule has 0 saturated carbocycles. The second-order valence-corrected chi connectivity index (χ2v) is 16.0. The van der Waals surface area contributed by atoms with E-state index in [1.54, 1.807) is 4.90 Å². The Labute approximate surface area is 313 Å². The lowest BCUT2D eigenvalue weighted by Crippen LogP contribution is -2.63. The largest absolute Gasteiger partial charge is 0.444 e. The predicted octanol–water partition coefficient (Wildman–Crippen LogP) is 9.19. The van der Waals surface area contributed by atoms with Crippen LogP contribution in [-0.4, -0.2) is 65.7 Å². The fourth-order valence-corrected chi connectivity index (χ4v) is 6.49. The van der Waals surface area contributed by atoms with E-state index in [0.717, 1.165) is 22.8 Å². The predicted molar refractivity (Wildman–Crippen MR) is 203 cm³/mol. The summed E-state index contributed by atoms with van der Waals surface area (Å²) in [5, 5.41) is 0. The second-order valence-electron chi connectivity index (χ2n) is 16.0. The number of benzene rings is 4. The minimum atomic E-state index is -0.771. The Balaban J connectivity index is 1.63. The fourth-order valence-electron chi connectivity index (χ4n) is 6.49. The van der Waals surface area contributed by atoms with Gasteiger partial charge in [-0.1, -0.05) is 112 Å². The average Bonchev–Trinajstić information content (AvgIpc) is 3.10. The summed E-state index contributed by atoms with van der Waals surface area (Å²) in [6.45, 7) is 13.6. The Kier molecular flexibility index (Phi) is 13.8. The van der Waals surface area contributed by atoms with Crippen molar-refractivity contribution in [3.05, 3.63) is 143 Å². The van der Waals surface area contributed by atoms with Crippen LogP contribution < -0.4 is 0 Å². The van der Waals surface area contributed by atoms with E-state index >= 15 is 0 Å². The quantitative estimate of drug-likeness (QED) is 0.129. The van der Waals surface area contributed by atoms with Crippen LogP contribution in [0, 0.1) is 17.0 Å². The molecule has 0 spiro atoms. The number of ether oxygens (including phenoxy) is 4. The topological polar surface area (TPSA) is 60.5 Å². The highest BCUT2D eigenvalue weighted by Crippen LogP contribution is 2.30. The van der Waals surface area contributed by atoms with Crippen LogP contribution >= 0.6 is 0 Å². The third-order valence-electron chi connectivity index (χ3n) is 8.87. The van der Waals surface area contributed by atoms with Crippen molar-refractivity contribution in [2.24, 2.45) is 5.41 Å². The Morgan fingerprint density at radius 1 is 0.792 bits per heavy atom. The number of nitrogens with zero attached hydrogens (tertiary/aromatic N) is 2. The summed E-state index contributed by atoms with van der Waals surface area (Å²) in [4.78, 5) is 18.1. The molecular formula is C44H54F2N2O5. The van der Waals surface area contributed by atoms with E-state index in [1.807, 2.05) is 87.5 Å². The molecule has 0 aliphatic carbocycles. The molecule has 1 fully saturated rings. The van der Waals surface area contributed by atoms with Gasteiger partial charge >= 0.3 is 6.09 Å². The summed E-state index contributed by atoms with van der Waals surface area (Å²) in [6, 6.07) is 32.4. The van der Waals surface area contributed by atoms with Crippen LogP contribution in [0.4, 0.5) is 13.6 Å². The standard InChI is InChI=1S/C44H54F2N2O5/c1-43(2,3)31-52-40-28-48(42(49)53-44(4,5)6)39(30-50-40)41(51-29-34-20-14-9-15-21-34)38(24-35-22-36(45)25-37(46)23-35)47(26-32-16-10-7-11-17-32)27-33-18-12-8-13-19-33/h7-23,25,38-41H,24,26-31H2,1-6H3. The lowest BCUT2D eigenvalue weighted by Gasteiger charge is -2.47. The van der Waals surface area contributed by atoms with Gasteiger partial charge in [-0.3, -0.25) is 9.80 Å². The number of amides is 1. The van der Waals surface area contributed by atoms with Gasteiger partial charge in [-0.15, -0.1) is 0 Å². The van der Waals surface area contributed by atoms with E-state index in [0.29, 0.717) is 25.3 Å². The van der Waals surface area contributed by atoms with Crippen LogP contribution in [-0.2, 0) is 45.1 Å². The van der Waals surface area contributed by atoms with E-state index < -0.39 is 47.8 Å². The van der Waals surface area contributed by atoms with E-state index in [2.05, 4.69) is 49.9 Å². The molecule has 4 unspecified atom stereocenters. The van der Waals surface area contributed by atoms with Gasteiger partial charge in [0.05, 0.1) is 38.5 Å². The molecule has 1 amide bonds. The maximum Gasteiger partial charge on any atom is 0.410 e. The zero-order chi connectivity index (χ0) is 38.0. The monoisotopic (exact) mass is 728 g/mol. The van der Waals surface area contributed by atoms with Crippen molar-refractivity contribution in [1.29, 1.82) is 0 Å². The molecule has 1 aliphatic rings. The fraction of sp³-hybridized carbons (Fsp3) is 0.432. The van der Waals surface area contributed by atoms with E-state index in [-0.39, 0.29) is 31.6 Å². The molecule has 0 N–H and O–H groups in total. The van der Waals surface area contributed by atoms with Crippen molar-refractivity contribution in [3.63, 3.8) is 0 Å². The molecule has 4 aromatic carbocycles. The molecule has 9 heteroatoms. The third kappa shape index (κ3) is 12.7. The summed E-state index contributed by atoms with van der Waals surface area (Å²) in [5.41, 5.74) is 2.63. The first-order valence-electron chi connectivity index (χ1n) is 18.4. The zero-order valence-corrected chi connectivity index (χ0v) is 31.8. The average molecular weight is 729 g/mol. The van der Waals surface area contributed by atoms with Crippen molar-refractivity contribution in [1.82, 2.24) is 9.80 Å². The second kappa shape index (κ2) is 18.3. The molecule has 0 aromatic heterocycles. The Bertz CT molecular complexity index is 1650. The number of carbonyl (C=O) groups is 1. The number of hydrogen-bond acceptors (Lipinski definition) is 6. The number of morpholine rings is 1. The van der Waals surface area contributed by atoms with Gasteiger partial charge in [0.2, 0.25) is 0 Å². The van der Waals surface area contributed by atoms with Crippen LogP contribution in [0.3, 0.4) is 0 Å². The summed E-state index contributed by atoms with van der Waals surface area (Å²) in [7, 11) is 0. The lowest BCUT2D eigenvalue weighted by atomic mass is 9.92. The summed E-state index contributed by atoms with van der Waals surface area (Å²) < 4.78 is 55.2. The Morgan fingerprint density at radius 2 is 1.32 bits per heavy atom. The molecule has 1 aliphatic heterocycles. The number of hydrogen-bond donors (Lipinski definition) is 0. The number of rotatable bonds is 14. The zero-order valence-electron chi connectivity index (χ0n) is 31.8. The molecule has 0 bridgehead atoms. The normalized spacial score (nSPS) is 17.8. The Morgan fingerprint density at radius 3 is 1.83 bits per heavy atom. The molecule has 4 aromatic rings. The molecule has 53 heavy (non-hydrogen) atoms. The molecule has 1 saturated heterocycles. The maximum atomic E-state index is 14.8. The van der Waals surface area contributed by atoms with Gasteiger partial charge in [-0.05, 0) is 67.0 Å². The summed E-state index contributed by atoms with van der Waals surface area (Å²) in [5.74, 6) is -1.32. The van der Waals surface area contributed by atoms with E-state index in [1.165, 1.54) is 12.1 Å². The SMILES string of the molecule is CC(C)(C)COC1CN(C(=O)OC(C)(C)C)C(C(OCc2ccccc2)C(Cc2cc(F)cc(F)c2)N(Cc2ccccc2)Cc2ccccc2)CO1. The minimum Gasteiger partial charge on any atom is -0.444 e. The molecule has 7 nitrogen and oxygen atoms in total. The highest BCUT2D eigenvalue weighted by Gasteiger charge is 2.45. The molecule has 4 atom stereocenters. The first-order chi connectivity index (χ1) is 25.2. The van der Waals surface area contributed by atoms with Crippen LogP contribution in [0.2, 0.25) is 0 Å². The van der Waals surface area contributed by atoms with Gasteiger partial charge in [0.1, 0.15) is 17.2 Å². The van der Waals surface area contributed by atoms with E-state index in [4.69, 9.17) is 18.9 Å². The maximum absolute atomic E-state index is 14.8. The van der Waals surface area contributed by atoms with Crippen molar-refractivity contribution < 1.29 is 32.5 Å². The molecule has 1 heterocycles. The highest BCUT2D eigenvalue weighted by molar-refractivity contribution is 5.69. The van der Waals surface area contributed by atoms with Gasteiger partial charge in [-0.25, -0.2) is 13.6 Å². The Hall–Kier alpha value is -4.15. The number of carbonyl (C=O) groups excluding carboxylic acids is 1. The third-order valence-corrected chi connectivity index (χ3v) is 8.87. The van der Waals surface area contributed by atoms with Gasteiger partial charge in [-0.2, -0.15) is 0 Å². The molecule has 284 valence electrons. The van der Waals surface area contributed by atoms with Crippen molar-refractivity contribution in [2.45, 2.75) is 97.7 Å². The summed E-state index contributed by atoms with van der Waals surface area (Å²) >= 11 is 0. The first-order valence-corrected chi connectivity index (χ1v) is 18.4. The molecular weight excluding hydrogens is 674 g/mol. The minimum absolute atomic E-state index is 0.0893. The molecule has 5 rings (SSSR count). The van der Waals surface area contributed by atoms with Gasteiger partial charge in [0.25, 0.3) is 0 Å². The van der Waals surface area contributed by atoms with Crippen LogP contribution in [0.5, 0.6) is 0 Å². The molecule has 0 radical (unpaired) electrons. The smallest absolute Gasteiger partial charge is 0.410 e. The first kappa shape index (κ1) is 40.0. The summed E-state index contributed by atoms with van der Waals surface area (Å²) in [6.07, 6.45) is -1.70. The van der Waals surface area contributed by atoms with Crippen molar-refractivity contribution in [2.75, 3.05) is 19.8 Å².